The number of carbonyl (C=O) groups excluding carboxylic acids is 2. The number of alkyl halides is 1. The number of nitrogens with one attached hydrogen (secondary N) is 2. The predicted octanol–water partition coefficient (Wildman–Crippen LogP) is 3.80. The number of nitriles is 1. The summed E-state index contributed by atoms with van der Waals surface area (Å²) in [5.74, 6) is 0. The summed E-state index contributed by atoms with van der Waals surface area (Å²) < 4.78 is 10.4. The molecular weight excluding hydrogens is 386 g/mol. The first-order valence-corrected chi connectivity index (χ1v) is 8.58. The number of nitrogens with zero attached hydrogens (tertiary/aromatic N) is 1. The van der Waals surface area contributed by atoms with E-state index in [1.54, 1.807) is 32.9 Å². The Morgan fingerprint density at radius 3 is 2.39 bits per heavy atom. The van der Waals surface area contributed by atoms with Gasteiger partial charge in [-0.3, -0.25) is 10.6 Å². The van der Waals surface area contributed by atoms with E-state index in [1.165, 1.54) is 6.92 Å². The second-order valence-corrected chi connectivity index (χ2v) is 7.43. The first kappa shape index (κ1) is 19.3. The number of rotatable bonds is 4. The van der Waals surface area contributed by atoms with Gasteiger partial charge in [0.15, 0.2) is 5.72 Å². The minimum Gasteiger partial charge on any atom is -0.444 e. The molecule has 0 spiro atoms. The van der Waals surface area contributed by atoms with Gasteiger partial charge in [0.25, 0.3) is 0 Å². The molecule has 0 saturated heterocycles. The average Bonchev–Trinajstić information content (AvgIpc) is 2.83. The Hall–Kier alpha value is -1.79. The molecule has 2 amide bonds. The standard InChI is InChI=1S/C14H18BrN3O4S/c1-13(2,3)21-12(20)18-14(4,8-15)22-11(19)17-10-6-5-9(7-16)23-10/h5-6H,8H2,1-4H3,(H,17,19)(H,18,20)/t14-/m0/s1. The van der Waals surface area contributed by atoms with Crippen LogP contribution in [-0.4, -0.2) is 28.8 Å². The van der Waals surface area contributed by atoms with E-state index in [2.05, 4.69) is 26.6 Å². The fourth-order valence-corrected chi connectivity index (χ4v) is 2.35. The molecule has 0 aromatic carbocycles. The van der Waals surface area contributed by atoms with Crippen molar-refractivity contribution in [2.45, 2.75) is 39.0 Å². The van der Waals surface area contributed by atoms with Crippen molar-refractivity contribution in [3.63, 3.8) is 0 Å². The van der Waals surface area contributed by atoms with Crippen molar-refractivity contribution in [1.82, 2.24) is 5.32 Å². The van der Waals surface area contributed by atoms with Crippen molar-refractivity contribution >= 4 is 44.5 Å². The van der Waals surface area contributed by atoms with Gasteiger partial charge >= 0.3 is 12.2 Å². The van der Waals surface area contributed by atoms with Crippen LogP contribution in [-0.2, 0) is 9.47 Å². The Morgan fingerprint density at radius 1 is 1.26 bits per heavy atom. The number of anilines is 1. The van der Waals surface area contributed by atoms with Crippen LogP contribution in [0.4, 0.5) is 14.6 Å². The molecule has 126 valence electrons. The molecule has 1 atom stereocenters. The molecule has 2 N–H and O–H groups in total. The highest BCUT2D eigenvalue weighted by atomic mass is 79.9. The third-order valence-corrected chi connectivity index (χ3v) is 4.26. The van der Waals surface area contributed by atoms with Gasteiger partial charge in [0.2, 0.25) is 0 Å². The highest BCUT2D eigenvalue weighted by molar-refractivity contribution is 9.09. The number of carbonyl (C=O) groups is 2. The summed E-state index contributed by atoms with van der Waals surface area (Å²) in [6.45, 7) is 6.72. The molecule has 23 heavy (non-hydrogen) atoms. The zero-order valence-electron chi connectivity index (χ0n) is 13.2. The lowest BCUT2D eigenvalue weighted by atomic mass is 10.2. The van der Waals surface area contributed by atoms with Crippen molar-refractivity contribution < 1.29 is 19.1 Å². The molecular formula is C14H18BrN3O4S. The molecule has 0 unspecified atom stereocenters. The lowest BCUT2D eigenvalue weighted by molar-refractivity contribution is 0.00262. The van der Waals surface area contributed by atoms with Crippen LogP contribution in [0.5, 0.6) is 0 Å². The van der Waals surface area contributed by atoms with E-state index in [-0.39, 0.29) is 5.33 Å². The molecule has 7 nitrogen and oxygen atoms in total. The first-order valence-electron chi connectivity index (χ1n) is 6.64. The van der Waals surface area contributed by atoms with Gasteiger partial charge in [-0.25, -0.2) is 9.59 Å². The van der Waals surface area contributed by atoms with Gasteiger partial charge < -0.3 is 9.47 Å². The molecule has 0 saturated carbocycles. The van der Waals surface area contributed by atoms with Crippen LogP contribution in [0.15, 0.2) is 12.1 Å². The van der Waals surface area contributed by atoms with Crippen LogP contribution in [0.2, 0.25) is 0 Å². The van der Waals surface area contributed by atoms with E-state index in [0.29, 0.717) is 9.88 Å². The fraction of sp³-hybridized carbons (Fsp3) is 0.500. The van der Waals surface area contributed by atoms with Crippen LogP contribution in [0, 0.1) is 11.3 Å². The van der Waals surface area contributed by atoms with Gasteiger partial charge in [0.05, 0.1) is 10.3 Å². The lowest BCUT2D eigenvalue weighted by Crippen LogP contribution is -2.52. The quantitative estimate of drug-likeness (QED) is 0.587. The van der Waals surface area contributed by atoms with Gasteiger partial charge in [-0.15, -0.1) is 11.3 Å². The maximum Gasteiger partial charge on any atom is 0.414 e. The second-order valence-electron chi connectivity index (χ2n) is 5.78. The number of thiophene rings is 1. The zero-order valence-corrected chi connectivity index (χ0v) is 15.6. The highest BCUT2D eigenvalue weighted by Gasteiger charge is 2.32. The predicted molar refractivity (Wildman–Crippen MR) is 90.7 cm³/mol. The molecule has 1 heterocycles. The molecule has 9 heteroatoms. The summed E-state index contributed by atoms with van der Waals surface area (Å²) in [4.78, 5) is 24.2. The van der Waals surface area contributed by atoms with Crippen molar-refractivity contribution in [2.24, 2.45) is 0 Å². The maximum atomic E-state index is 11.9. The molecule has 0 radical (unpaired) electrons. The number of halogens is 1. The summed E-state index contributed by atoms with van der Waals surface area (Å²) in [5.41, 5.74) is -1.95. The Bertz CT molecular complexity index is 620. The molecule has 1 aromatic heterocycles. The molecule has 0 aliphatic carbocycles. The van der Waals surface area contributed by atoms with Crippen LogP contribution >= 0.6 is 27.3 Å². The van der Waals surface area contributed by atoms with E-state index in [4.69, 9.17) is 14.7 Å². The van der Waals surface area contributed by atoms with Gasteiger partial charge in [-0.05, 0) is 39.8 Å². The Kier molecular flexibility index (Phi) is 6.41. The smallest absolute Gasteiger partial charge is 0.414 e. The molecule has 0 bridgehead atoms. The molecule has 0 fully saturated rings. The summed E-state index contributed by atoms with van der Waals surface area (Å²) in [7, 11) is 0. The zero-order chi connectivity index (χ0) is 17.7. The van der Waals surface area contributed by atoms with Crippen molar-refractivity contribution in [1.29, 1.82) is 5.26 Å². The SMILES string of the molecule is CC(C)(C)OC(=O)N[C@](C)(CBr)OC(=O)Nc1ccc(C#N)s1. The summed E-state index contributed by atoms with van der Waals surface area (Å²) in [6, 6.07) is 5.15. The van der Waals surface area contributed by atoms with Gasteiger partial charge in [-0.1, -0.05) is 15.9 Å². The van der Waals surface area contributed by atoms with Crippen molar-refractivity contribution in [3.05, 3.63) is 17.0 Å². The largest absolute Gasteiger partial charge is 0.444 e. The van der Waals surface area contributed by atoms with Gasteiger partial charge in [0, 0.05) is 0 Å². The molecule has 0 aliphatic rings. The first-order chi connectivity index (χ1) is 10.6. The summed E-state index contributed by atoms with van der Waals surface area (Å²) in [6.07, 6.45) is -1.45. The van der Waals surface area contributed by atoms with Crippen LogP contribution < -0.4 is 10.6 Å². The molecule has 1 rings (SSSR count). The van der Waals surface area contributed by atoms with E-state index >= 15 is 0 Å². The molecule has 0 aliphatic heterocycles. The fourth-order valence-electron chi connectivity index (χ4n) is 1.40. The van der Waals surface area contributed by atoms with Gasteiger partial charge in [0.1, 0.15) is 16.5 Å². The minimum atomic E-state index is -1.29. The van der Waals surface area contributed by atoms with E-state index < -0.39 is 23.5 Å². The number of hydrogen-bond acceptors (Lipinski definition) is 6. The lowest BCUT2D eigenvalue weighted by Gasteiger charge is -2.30. The second kappa shape index (κ2) is 7.66. The minimum absolute atomic E-state index is 0.167. The average molecular weight is 404 g/mol. The Balaban J connectivity index is 2.64. The van der Waals surface area contributed by atoms with Crippen LogP contribution in [0.25, 0.3) is 0 Å². The van der Waals surface area contributed by atoms with Crippen LogP contribution in [0.1, 0.15) is 32.6 Å². The third-order valence-electron chi connectivity index (χ3n) is 2.28. The number of amides is 2. The van der Waals surface area contributed by atoms with Crippen molar-refractivity contribution in [2.75, 3.05) is 10.6 Å². The van der Waals surface area contributed by atoms with Crippen LogP contribution in [0.3, 0.4) is 0 Å². The number of ether oxygens (including phenoxy) is 2. The third kappa shape index (κ3) is 6.88. The number of alkyl carbamates (subject to hydrolysis) is 1. The highest BCUT2D eigenvalue weighted by Crippen LogP contribution is 2.22. The molecule has 1 aromatic rings. The Morgan fingerprint density at radius 2 is 1.91 bits per heavy atom. The summed E-state index contributed by atoms with van der Waals surface area (Å²) >= 11 is 4.31. The Labute approximate surface area is 147 Å². The van der Waals surface area contributed by atoms with Gasteiger partial charge in [-0.2, -0.15) is 5.26 Å². The van der Waals surface area contributed by atoms with E-state index in [0.717, 1.165) is 11.3 Å². The van der Waals surface area contributed by atoms with Crippen molar-refractivity contribution in [3.8, 4) is 6.07 Å². The van der Waals surface area contributed by atoms with E-state index in [9.17, 15) is 9.59 Å². The maximum absolute atomic E-state index is 11.9. The topological polar surface area (TPSA) is 100 Å². The monoisotopic (exact) mass is 403 g/mol. The number of hydrogen-bond donors (Lipinski definition) is 2. The van der Waals surface area contributed by atoms with E-state index in [1.807, 2.05) is 6.07 Å². The summed E-state index contributed by atoms with van der Waals surface area (Å²) in [5, 5.41) is 14.4. The normalized spacial score (nSPS) is 13.4.